The van der Waals surface area contributed by atoms with Crippen molar-refractivity contribution < 1.29 is 28.8 Å². The molecule has 35 heavy (non-hydrogen) atoms. The van der Waals surface area contributed by atoms with E-state index in [4.69, 9.17) is 41.3 Å². The molecular formula is C24H25ClN4O6. The van der Waals surface area contributed by atoms with E-state index in [9.17, 15) is 9.90 Å². The first-order chi connectivity index (χ1) is 17.0. The van der Waals surface area contributed by atoms with E-state index in [1.165, 1.54) is 0 Å². The molecule has 1 aromatic carbocycles. The maximum atomic E-state index is 12.4. The molecular weight excluding hydrogens is 476 g/mol. The van der Waals surface area contributed by atoms with Crippen LogP contribution in [0.2, 0.25) is 5.02 Å². The second-order valence-electron chi connectivity index (χ2n) is 8.87. The molecule has 3 aliphatic heterocycles. The summed E-state index contributed by atoms with van der Waals surface area (Å²) in [6, 6.07) is 9.56. The number of nitrogens with two attached hydrogens (primary N) is 1. The first-order valence-corrected chi connectivity index (χ1v) is 11.9. The van der Waals surface area contributed by atoms with Gasteiger partial charge in [-0.1, -0.05) is 23.7 Å². The third-order valence-electron chi connectivity index (χ3n) is 6.71. The number of carbonyl (C=O) groups is 1. The average Bonchev–Trinajstić information content (AvgIpc) is 3.56. The van der Waals surface area contributed by atoms with Gasteiger partial charge in [-0.3, -0.25) is 4.79 Å². The first kappa shape index (κ1) is 22.6. The molecule has 4 atom stereocenters. The highest BCUT2D eigenvalue weighted by Crippen LogP contribution is 2.37. The van der Waals surface area contributed by atoms with Crippen LogP contribution in [0.25, 0.3) is 22.3 Å². The van der Waals surface area contributed by atoms with Gasteiger partial charge >= 0.3 is 0 Å². The lowest BCUT2D eigenvalue weighted by molar-refractivity contribution is 0.00794. The van der Waals surface area contributed by atoms with Crippen molar-refractivity contribution in [1.82, 2.24) is 9.97 Å². The summed E-state index contributed by atoms with van der Waals surface area (Å²) in [5.74, 6) is -0.293. The van der Waals surface area contributed by atoms with Gasteiger partial charge in [0.25, 0.3) is 5.91 Å². The number of anilines is 1. The molecule has 0 bridgehead atoms. The maximum Gasteiger partial charge on any atom is 0.252 e. The molecule has 2 aromatic heterocycles. The smallest absolute Gasteiger partial charge is 0.252 e. The van der Waals surface area contributed by atoms with Gasteiger partial charge in [-0.25, -0.2) is 4.98 Å². The fourth-order valence-corrected chi connectivity index (χ4v) is 5.28. The molecule has 3 aromatic rings. The number of H-pyrrole nitrogens is 1. The van der Waals surface area contributed by atoms with Crippen molar-refractivity contribution in [3.05, 3.63) is 40.9 Å². The number of aliphatic hydroxyl groups excluding tert-OH is 1. The number of fused-ring (bicyclic) bond motifs is 2. The molecule has 0 aliphatic carbocycles. The summed E-state index contributed by atoms with van der Waals surface area (Å²) < 4.78 is 22.7. The SMILES string of the molecule is NC(=O)c1c(Cl)c(-c2ccc(N3CCOCC3)cc2)nc2cc(O[C@@H]3COC4[C@H](O)CO[C@@H]43)[nH]c12. The number of nitrogens with zero attached hydrogens (tertiary/aromatic N) is 2. The Balaban J connectivity index is 1.32. The van der Waals surface area contributed by atoms with E-state index in [2.05, 4.69) is 9.88 Å². The number of hydrogen-bond acceptors (Lipinski definition) is 8. The van der Waals surface area contributed by atoms with Gasteiger partial charge in [-0.05, 0) is 12.1 Å². The molecule has 10 nitrogen and oxygen atoms in total. The van der Waals surface area contributed by atoms with Crippen molar-refractivity contribution in [2.45, 2.75) is 24.4 Å². The second kappa shape index (κ2) is 8.96. The van der Waals surface area contributed by atoms with Gasteiger partial charge in [0.05, 0.1) is 53.7 Å². The van der Waals surface area contributed by atoms with Crippen LogP contribution in [-0.2, 0) is 14.2 Å². The molecule has 0 radical (unpaired) electrons. The van der Waals surface area contributed by atoms with Crippen molar-refractivity contribution in [1.29, 1.82) is 0 Å². The van der Waals surface area contributed by atoms with Crippen molar-refractivity contribution in [3.63, 3.8) is 0 Å². The van der Waals surface area contributed by atoms with E-state index < -0.39 is 24.2 Å². The number of nitrogens with one attached hydrogen (secondary N) is 1. The lowest BCUT2D eigenvalue weighted by Crippen LogP contribution is -2.36. The average molecular weight is 501 g/mol. The lowest BCUT2D eigenvalue weighted by atomic mass is 10.1. The summed E-state index contributed by atoms with van der Waals surface area (Å²) in [6.07, 6.45) is -1.87. The summed E-state index contributed by atoms with van der Waals surface area (Å²) in [7, 11) is 0. The van der Waals surface area contributed by atoms with Crippen molar-refractivity contribution in [2.75, 3.05) is 44.4 Å². The standard InChI is InChI=1S/C24H25ClN4O6/c25-19-18(24(26)31)21-14(9-17(28-21)35-16-11-34-22-15(30)10-33-23(16)22)27-20(19)12-1-3-13(4-2-12)29-5-7-32-8-6-29/h1-4,9,15-16,22-23,28,30H,5-8,10-11H2,(H2,26,31)/t15-,16-,22?,23-/m1/s1. The van der Waals surface area contributed by atoms with E-state index in [-0.39, 0.29) is 29.9 Å². The van der Waals surface area contributed by atoms with Gasteiger partial charge in [0, 0.05) is 30.4 Å². The van der Waals surface area contributed by atoms with E-state index in [0.29, 0.717) is 35.8 Å². The van der Waals surface area contributed by atoms with E-state index in [1.807, 2.05) is 24.3 Å². The number of pyridine rings is 1. The molecule has 5 heterocycles. The number of hydrogen-bond donors (Lipinski definition) is 3. The van der Waals surface area contributed by atoms with Gasteiger partial charge in [0.1, 0.15) is 18.3 Å². The van der Waals surface area contributed by atoms with E-state index in [0.717, 1.165) is 24.3 Å². The van der Waals surface area contributed by atoms with Crippen LogP contribution in [0.5, 0.6) is 5.88 Å². The van der Waals surface area contributed by atoms with Crippen molar-refractivity contribution in [2.24, 2.45) is 5.73 Å². The van der Waals surface area contributed by atoms with Crippen molar-refractivity contribution >= 4 is 34.2 Å². The molecule has 3 aliphatic rings. The minimum atomic E-state index is -0.673. The quantitative estimate of drug-likeness (QED) is 0.482. The Bertz CT molecular complexity index is 1260. The Hall–Kier alpha value is -2.89. The largest absolute Gasteiger partial charge is 0.470 e. The zero-order valence-corrected chi connectivity index (χ0v) is 19.5. The molecule has 3 saturated heterocycles. The highest BCUT2D eigenvalue weighted by Gasteiger charge is 2.48. The monoisotopic (exact) mass is 500 g/mol. The fourth-order valence-electron chi connectivity index (χ4n) is 4.94. The highest BCUT2D eigenvalue weighted by molar-refractivity contribution is 6.37. The molecule has 1 unspecified atom stereocenters. The van der Waals surface area contributed by atoms with Gasteiger partial charge in [-0.2, -0.15) is 0 Å². The minimum absolute atomic E-state index is 0.145. The summed E-state index contributed by atoms with van der Waals surface area (Å²) >= 11 is 6.66. The molecule has 0 spiro atoms. The summed E-state index contributed by atoms with van der Waals surface area (Å²) in [5.41, 5.74) is 9.05. The van der Waals surface area contributed by atoms with E-state index >= 15 is 0 Å². The predicted molar refractivity (Wildman–Crippen MR) is 128 cm³/mol. The number of morpholine rings is 1. The molecule has 184 valence electrons. The number of carbonyl (C=O) groups excluding carboxylic acids is 1. The summed E-state index contributed by atoms with van der Waals surface area (Å²) in [5, 5.41) is 10.1. The number of primary amides is 1. The van der Waals surface area contributed by atoms with Crippen molar-refractivity contribution in [3.8, 4) is 17.1 Å². The number of aliphatic hydroxyl groups is 1. The molecule has 11 heteroatoms. The number of aromatic amines is 1. The van der Waals surface area contributed by atoms with Gasteiger partial charge in [0.2, 0.25) is 0 Å². The number of halogens is 1. The third-order valence-corrected chi connectivity index (χ3v) is 7.07. The predicted octanol–water partition coefficient (Wildman–Crippen LogP) is 1.72. The highest BCUT2D eigenvalue weighted by atomic mass is 35.5. The normalized spacial score (nSPS) is 26.3. The molecule has 6 rings (SSSR count). The minimum Gasteiger partial charge on any atom is -0.470 e. The topological polar surface area (TPSA) is 132 Å². The van der Waals surface area contributed by atoms with Crippen LogP contribution in [0.3, 0.4) is 0 Å². The van der Waals surface area contributed by atoms with Crippen LogP contribution < -0.4 is 15.4 Å². The number of amides is 1. The third kappa shape index (κ3) is 4.01. The van der Waals surface area contributed by atoms with Crippen LogP contribution in [-0.4, -0.2) is 84.9 Å². The second-order valence-corrected chi connectivity index (χ2v) is 9.25. The Kier molecular flexibility index (Phi) is 5.78. The van der Waals surface area contributed by atoms with Gasteiger partial charge in [-0.15, -0.1) is 0 Å². The van der Waals surface area contributed by atoms with Crippen LogP contribution in [0.4, 0.5) is 5.69 Å². The summed E-state index contributed by atoms with van der Waals surface area (Å²) in [4.78, 5) is 22.4. The van der Waals surface area contributed by atoms with Gasteiger partial charge in [0.15, 0.2) is 12.0 Å². The van der Waals surface area contributed by atoms with Crippen LogP contribution in [0.1, 0.15) is 10.4 Å². The van der Waals surface area contributed by atoms with Crippen LogP contribution in [0, 0.1) is 0 Å². The number of ether oxygens (including phenoxy) is 4. The Labute approximate surface area is 205 Å². The van der Waals surface area contributed by atoms with Gasteiger partial charge < -0.3 is 39.7 Å². The Morgan fingerprint density at radius 3 is 2.66 bits per heavy atom. The first-order valence-electron chi connectivity index (χ1n) is 11.5. The Morgan fingerprint density at radius 1 is 1.17 bits per heavy atom. The Morgan fingerprint density at radius 2 is 1.91 bits per heavy atom. The van der Waals surface area contributed by atoms with E-state index in [1.54, 1.807) is 6.07 Å². The number of aromatic nitrogens is 2. The number of rotatable bonds is 5. The molecule has 4 N–H and O–H groups in total. The number of benzene rings is 1. The zero-order valence-electron chi connectivity index (χ0n) is 18.8. The lowest BCUT2D eigenvalue weighted by Gasteiger charge is -2.28. The molecule has 1 amide bonds. The van der Waals surface area contributed by atoms with Crippen LogP contribution in [0.15, 0.2) is 30.3 Å². The zero-order chi connectivity index (χ0) is 24.1. The molecule has 0 saturated carbocycles. The fraction of sp³-hybridized carbons (Fsp3) is 0.417. The molecule has 3 fully saturated rings. The maximum absolute atomic E-state index is 12.4. The van der Waals surface area contributed by atoms with Crippen LogP contribution >= 0.6 is 11.6 Å². The summed E-state index contributed by atoms with van der Waals surface area (Å²) in [6.45, 7) is 3.55.